The van der Waals surface area contributed by atoms with Crippen molar-refractivity contribution in [2.45, 2.75) is 11.1 Å². The molecule has 1 rings (SSSR count). The van der Waals surface area contributed by atoms with Gasteiger partial charge >= 0.3 is 0 Å². The fourth-order valence-electron chi connectivity index (χ4n) is 1.04. The number of hydrogen-bond acceptors (Lipinski definition) is 5. The predicted octanol–water partition coefficient (Wildman–Crippen LogP) is 1.20. The van der Waals surface area contributed by atoms with E-state index in [1.165, 1.54) is 6.07 Å². The summed E-state index contributed by atoms with van der Waals surface area (Å²) in [6, 6.07) is 1.43. The highest BCUT2D eigenvalue weighted by Gasteiger charge is 2.15. The van der Waals surface area contributed by atoms with Crippen LogP contribution >= 0.6 is 11.3 Å². The Morgan fingerprint density at radius 1 is 1.65 bits per heavy atom. The number of sulfonamides is 1. The highest BCUT2D eigenvalue weighted by molar-refractivity contribution is 7.91. The Morgan fingerprint density at radius 3 is 2.88 bits per heavy atom. The van der Waals surface area contributed by atoms with Crippen LogP contribution in [0, 0.1) is 0 Å². The van der Waals surface area contributed by atoms with Crippen molar-refractivity contribution in [1.29, 1.82) is 0 Å². The average molecular weight is 276 g/mol. The first-order chi connectivity index (χ1) is 7.92. The molecule has 5 nitrogen and oxygen atoms in total. The van der Waals surface area contributed by atoms with Gasteiger partial charge in [0.1, 0.15) is 4.21 Å². The lowest BCUT2D eigenvalue weighted by molar-refractivity contribution is 0.162. The molecule has 0 atom stereocenters. The highest BCUT2D eigenvalue weighted by Crippen LogP contribution is 2.20. The van der Waals surface area contributed by atoms with Gasteiger partial charge in [0, 0.05) is 17.6 Å². The zero-order valence-electron chi connectivity index (χ0n) is 9.60. The largest absolute Gasteiger partial charge is 0.398 e. The van der Waals surface area contributed by atoms with Crippen LogP contribution in [0.2, 0.25) is 0 Å². The quantitative estimate of drug-likeness (QED) is 0.579. The van der Waals surface area contributed by atoms with Gasteiger partial charge in [-0.25, -0.2) is 13.1 Å². The van der Waals surface area contributed by atoms with Crippen LogP contribution in [0.25, 0.3) is 0 Å². The van der Waals surface area contributed by atoms with E-state index in [0.29, 0.717) is 18.9 Å². The van der Waals surface area contributed by atoms with Gasteiger partial charge in [0.25, 0.3) is 0 Å². The SMILES string of the molecule is C=C(C)COCCNS(=O)(=O)c1cc(N)cs1. The van der Waals surface area contributed by atoms with Crippen LogP contribution in [0.5, 0.6) is 0 Å². The van der Waals surface area contributed by atoms with Crippen molar-refractivity contribution in [3.8, 4) is 0 Å². The maximum Gasteiger partial charge on any atom is 0.250 e. The highest BCUT2D eigenvalue weighted by atomic mass is 32.2. The molecule has 7 heteroatoms. The van der Waals surface area contributed by atoms with Gasteiger partial charge in [-0.15, -0.1) is 11.3 Å². The molecule has 1 aromatic rings. The Labute approximate surface area is 105 Å². The van der Waals surface area contributed by atoms with Crippen LogP contribution in [-0.4, -0.2) is 28.2 Å². The third-order valence-electron chi connectivity index (χ3n) is 1.75. The second kappa shape index (κ2) is 6.15. The van der Waals surface area contributed by atoms with Crippen molar-refractivity contribution < 1.29 is 13.2 Å². The molecule has 0 amide bonds. The standard InChI is InChI=1S/C10H16N2O3S2/c1-8(2)6-15-4-3-12-17(13,14)10-5-9(11)7-16-10/h5,7,12H,1,3-4,6,11H2,2H3. The van der Waals surface area contributed by atoms with Crippen LogP contribution < -0.4 is 10.5 Å². The number of ether oxygens (including phenoxy) is 1. The smallest absolute Gasteiger partial charge is 0.250 e. The topological polar surface area (TPSA) is 81.4 Å². The van der Waals surface area contributed by atoms with Crippen molar-refractivity contribution in [2.24, 2.45) is 0 Å². The molecule has 0 fully saturated rings. The Balaban J connectivity index is 2.38. The predicted molar refractivity (Wildman–Crippen MR) is 69.6 cm³/mol. The number of nitrogens with one attached hydrogen (secondary N) is 1. The van der Waals surface area contributed by atoms with Crippen LogP contribution in [0.15, 0.2) is 27.8 Å². The van der Waals surface area contributed by atoms with Crippen molar-refractivity contribution in [3.05, 3.63) is 23.6 Å². The second-order valence-corrected chi connectivity index (χ2v) is 6.51. The summed E-state index contributed by atoms with van der Waals surface area (Å²) in [5.41, 5.74) is 6.82. The molecule has 0 saturated carbocycles. The fourth-order valence-corrected chi connectivity index (χ4v) is 3.17. The molecular formula is C10H16N2O3S2. The van der Waals surface area contributed by atoms with Crippen LogP contribution in [0.1, 0.15) is 6.92 Å². The summed E-state index contributed by atoms with van der Waals surface area (Å²) in [6.07, 6.45) is 0. The minimum absolute atomic E-state index is 0.218. The van der Waals surface area contributed by atoms with Gasteiger partial charge in [-0.2, -0.15) is 0 Å². The van der Waals surface area contributed by atoms with Gasteiger partial charge in [-0.05, 0) is 13.0 Å². The maximum atomic E-state index is 11.7. The number of thiophene rings is 1. The van der Waals surface area contributed by atoms with Crippen LogP contribution in [-0.2, 0) is 14.8 Å². The lowest BCUT2D eigenvalue weighted by Crippen LogP contribution is -2.27. The molecule has 0 aromatic carbocycles. The minimum Gasteiger partial charge on any atom is -0.398 e. The first-order valence-electron chi connectivity index (χ1n) is 4.97. The van der Waals surface area contributed by atoms with Crippen molar-refractivity contribution in [2.75, 3.05) is 25.5 Å². The molecule has 1 aromatic heterocycles. The molecule has 0 bridgehead atoms. The van der Waals surface area contributed by atoms with Crippen molar-refractivity contribution in [1.82, 2.24) is 4.72 Å². The number of hydrogen-bond donors (Lipinski definition) is 2. The summed E-state index contributed by atoms with van der Waals surface area (Å²) in [5, 5.41) is 1.59. The summed E-state index contributed by atoms with van der Waals surface area (Å²) in [6.45, 7) is 6.50. The van der Waals surface area contributed by atoms with E-state index in [2.05, 4.69) is 11.3 Å². The van der Waals surface area contributed by atoms with Crippen LogP contribution in [0.3, 0.4) is 0 Å². The molecule has 1 heterocycles. The van der Waals surface area contributed by atoms with Crippen molar-refractivity contribution in [3.63, 3.8) is 0 Å². The third kappa shape index (κ3) is 4.86. The van der Waals surface area contributed by atoms with E-state index in [-0.39, 0.29) is 10.8 Å². The van der Waals surface area contributed by atoms with Gasteiger partial charge in [-0.3, -0.25) is 0 Å². The van der Waals surface area contributed by atoms with E-state index in [4.69, 9.17) is 10.5 Å². The molecule has 17 heavy (non-hydrogen) atoms. The molecular weight excluding hydrogens is 260 g/mol. The Hall–Kier alpha value is -0.890. The van der Waals surface area contributed by atoms with Gasteiger partial charge in [0.05, 0.1) is 13.2 Å². The molecule has 0 spiro atoms. The normalized spacial score (nSPS) is 11.6. The zero-order valence-corrected chi connectivity index (χ0v) is 11.2. The second-order valence-electron chi connectivity index (χ2n) is 3.61. The number of rotatable bonds is 7. The molecule has 0 saturated heterocycles. The third-order valence-corrected chi connectivity index (χ3v) is 4.67. The van der Waals surface area contributed by atoms with E-state index in [0.717, 1.165) is 16.9 Å². The molecule has 0 radical (unpaired) electrons. The first-order valence-corrected chi connectivity index (χ1v) is 7.34. The van der Waals surface area contributed by atoms with Gasteiger partial charge in [0.2, 0.25) is 10.0 Å². The average Bonchev–Trinajstić information content (AvgIpc) is 2.64. The summed E-state index contributed by atoms with van der Waals surface area (Å²) < 4.78 is 31.3. The van der Waals surface area contributed by atoms with E-state index in [9.17, 15) is 8.42 Å². The minimum atomic E-state index is -3.45. The summed E-state index contributed by atoms with van der Waals surface area (Å²) in [7, 11) is -3.45. The number of anilines is 1. The van der Waals surface area contributed by atoms with Gasteiger partial charge in [-0.1, -0.05) is 12.2 Å². The summed E-state index contributed by atoms with van der Waals surface area (Å²) >= 11 is 1.09. The molecule has 96 valence electrons. The van der Waals surface area contributed by atoms with E-state index in [1.807, 2.05) is 6.92 Å². The Kier molecular flexibility index (Phi) is 5.13. The summed E-state index contributed by atoms with van der Waals surface area (Å²) in [4.78, 5) is 0. The zero-order chi connectivity index (χ0) is 12.9. The number of nitrogens with two attached hydrogens (primary N) is 1. The first kappa shape index (κ1) is 14.2. The Bertz CT molecular complexity index is 479. The number of nitrogen functional groups attached to an aromatic ring is 1. The van der Waals surface area contributed by atoms with E-state index < -0.39 is 10.0 Å². The monoisotopic (exact) mass is 276 g/mol. The molecule has 3 N–H and O–H groups in total. The van der Waals surface area contributed by atoms with Crippen LogP contribution in [0.4, 0.5) is 5.69 Å². The lowest BCUT2D eigenvalue weighted by atomic mass is 10.4. The molecule has 0 unspecified atom stereocenters. The Morgan fingerprint density at radius 2 is 2.35 bits per heavy atom. The van der Waals surface area contributed by atoms with E-state index >= 15 is 0 Å². The van der Waals surface area contributed by atoms with E-state index in [1.54, 1.807) is 5.38 Å². The van der Waals surface area contributed by atoms with Gasteiger partial charge in [0.15, 0.2) is 0 Å². The van der Waals surface area contributed by atoms with Crippen molar-refractivity contribution >= 4 is 27.0 Å². The maximum absolute atomic E-state index is 11.7. The molecule has 0 aliphatic carbocycles. The summed E-state index contributed by atoms with van der Waals surface area (Å²) in [5.74, 6) is 0. The fraction of sp³-hybridized carbons (Fsp3) is 0.400. The molecule has 0 aliphatic heterocycles. The lowest BCUT2D eigenvalue weighted by Gasteiger charge is -2.05. The molecule has 0 aliphatic rings. The van der Waals surface area contributed by atoms with Gasteiger partial charge < -0.3 is 10.5 Å².